The number of nitrogens with zero attached hydrogens (tertiary/aromatic N) is 2. The SMILES string of the molecule is CN1CCCC(CNC(=O)c2ccc(C#N)cc2)C1. The van der Waals surface area contributed by atoms with Gasteiger partial charge in [-0.3, -0.25) is 4.79 Å². The Balaban J connectivity index is 1.85. The third-order valence-electron chi connectivity index (χ3n) is 3.55. The molecular weight excluding hydrogens is 238 g/mol. The minimum absolute atomic E-state index is 0.0577. The van der Waals surface area contributed by atoms with Crippen LogP contribution >= 0.6 is 0 Å². The van der Waals surface area contributed by atoms with Crippen LogP contribution in [-0.2, 0) is 0 Å². The van der Waals surface area contributed by atoms with Crippen molar-refractivity contribution in [1.82, 2.24) is 10.2 Å². The summed E-state index contributed by atoms with van der Waals surface area (Å²) in [6.45, 7) is 2.93. The Kier molecular flexibility index (Phi) is 4.53. The van der Waals surface area contributed by atoms with Crippen molar-refractivity contribution < 1.29 is 4.79 Å². The molecule has 1 aromatic rings. The Labute approximate surface area is 114 Å². The summed E-state index contributed by atoms with van der Waals surface area (Å²) in [6, 6.07) is 8.77. The number of hydrogen-bond acceptors (Lipinski definition) is 3. The highest BCUT2D eigenvalue weighted by atomic mass is 16.1. The highest BCUT2D eigenvalue weighted by Crippen LogP contribution is 2.14. The van der Waals surface area contributed by atoms with Gasteiger partial charge in [-0.05, 0) is 56.6 Å². The van der Waals surface area contributed by atoms with E-state index in [0.29, 0.717) is 17.0 Å². The standard InChI is InChI=1S/C15H19N3O/c1-18-8-2-3-13(11-18)10-17-15(19)14-6-4-12(9-16)5-7-14/h4-7,13H,2-3,8,10-11H2,1H3,(H,17,19). The van der Waals surface area contributed by atoms with Gasteiger partial charge in [-0.1, -0.05) is 0 Å². The van der Waals surface area contributed by atoms with Gasteiger partial charge >= 0.3 is 0 Å². The normalized spacial score (nSPS) is 19.7. The summed E-state index contributed by atoms with van der Waals surface area (Å²) in [5.74, 6) is 0.485. The smallest absolute Gasteiger partial charge is 0.251 e. The second-order valence-electron chi connectivity index (χ2n) is 5.17. The lowest BCUT2D eigenvalue weighted by Gasteiger charge is -2.29. The first-order chi connectivity index (χ1) is 9.19. The van der Waals surface area contributed by atoms with Crippen LogP contribution in [0.1, 0.15) is 28.8 Å². The number of amides is 1. The molecule has 1 fully saturated rings. The third kappa shape index (κ3) is 3.80. The fourth-order valence-electron chi connectivity index (χ4n) is 2.48. The molecule has 1 heterocycles. The summed E-state index contributed by atoms with van der Waals surface area (Å²) in [7, 11) is 2.12. The van der Waals surface area contributed by atoms with Crippen molar-refractivity contribution >= 4 is 5.91 Å². The first kappa shape index (κ1) is 13.6. The van der Waals surface area contributed by atoms with Gasteiger partial charge in [-0.15, -0.1) is 0 Å². The molecule has 0 aliphatic carbocycles. The zero-order valence-electron chi connectivity index (χ0n) is 11.2. The van der Waals surface area contributed by atoms with E-state index in [9.17, 15) is 4.79 Å². The van der Waals surface area contributed by atoms with Crippen LogP contribution in [0.15, 0.2) is 24.3 Å². The van der Waals surface area contributed by atoms with Gasteiger partial charge in [0.2, 0.25) is 0 Å². The maximum absolute atomic E-state index is 12.0. The van der Waals surface area contributed by atoms with Crippen molar-refractivity contribution in [2.45, 2.75) is 12.8 Å². The number of piperidine rings is 1. The molecule has 0 aromatic heterocycles. The molecule has 0 spiro atoms. The van der Waals surface area contributed by atoms with Crippen LogP contribution < -0.4 is 5.32 Å². The van der Waals surface area contributed by atoms with Gasteiger partial charge in [0.15, 0.2) is 0 Å². The van der Waals surface area contributed by atoms with E-state index in [2.05, 4.69) is 17.3 Å². The Morgan fingerprint density at radius 1 is 1.47 bits per heavy atom. The Bertz CT molecular complexity index is 475. The molecule has 1 aliphatic rings. The maximum atomic E-state index is 12.0. The van der Waals surface area contributed by atoms with Gasteiger partial charge in [0.1, 0.15) is 0 Å². The lowest BCUT2D eigenvalue weighted by atomic mass is 9.98. The van der Waals surface area contributed by atoms with E-state index < -0.39 is 0 Å². The van der Waals surface area contributed by atoms with Crippen molar-refractivity contribution in [3.05, 3.63) is 35.4 Å². The summed E-state index contributed by atoms with van der Waals surface area (Å²) >= 11 is 0. The van der Waals surface area contributed by atoms with Gasteiger partial charge in [-0.2, -0.15) is 5.26 Å². The van der Waals surface area contributed by atoms with E-state index >= 15 is 0 Å². The second kappa shape index (κ2) is 6.35. The van der Waals surface area contributed by atoms with E-state index in [4.69, 9.17) is 5.26 Å². The van der Waals surface area contributed by atoms with E-state index in [-0.39, 0.29) is 5.91 Å². The molecule has 100 valence electrons. The minimum Gasteiger partial charge on any atom is -0.352 e. The molecule has 1 atom stereocenters. The zero-order chi connectivity index (χ0) is 13.7. The van der Waals surface area contributed by atoms with Gasteiger partial charge in [0.05, 0.1) is 11.6 Å². The minimum atomic E-state index is -0.0577. The van der Waals surface area contributed by atoms with Crippen LogP contribution in [0, 0.1) is 17.2 Å². The monoisotopic (exact) mass is 257 g/mol. The van der Waals surface area contributed by atoms with Crippen LogP contribution in [0.4, 0.5) is 0 Å². The molecule has 4 nitrogen and oxygen atoms in total. The van der Waals surface area contributed by atoms with Gasteiger partial charge in [-0.25, -0.2) is 0 Å². The number of benzene rings is 1. The lowest BCUT2D eigenvalue weighted by Crippen LogP contribution is -2.39. The van der Waals surface area contributed by atoms with E-state index in [1.54, 1.807) is 24.3 Å². The molecular formula is C15H19N3O. The average molecular weight is 257 g/mol. The van der Waals surface area contributed by atoms with Crippen LogP contribution in [0.3, 0.4) is 0 Å². The number of likely N-dealkylation sites (tertiary alicyclic amines) is 1. The molecule has 0 radical (unpaired) electrons. The van der Waals surface area contributed by atoms with E-state index in [0.717, 1.165) is 19.6 Å². The molecule has 1 aliphatic heterocycles. The molecule has 1 aromatic carbocycles. The van der Waals surface area contributed by atoms with Gasteiger partial charge < -0.3 is 10.2 Å². The summed E-state index contributed by atoms with van der Waals surface area (Å²) in [4.78, 5) is 14.3. The summed E-state index contributed by atoms with van der Waals surface area (Å²) < 4.78 is 0. The van der Waals surface area contributed by atoms with Crippen LogP contribution in [0.2, 0.25) is 0 Å². The fraction of sp³-hybridized carbons (Fsp3) is 0.467. The predicted molar refractivity (Wildman–Crippen MR) is 73.7 cm³/mol. The van der Waals surface area contributed by atoms with E-state index in [1.807, 2.05) is 6.07 Å². The van der Waals surface area contributed by atoms with Gasteiger partial charge in [0, 0.05) is 18.7 Å². The Morgan fingerprint density at radius 3 is 2.84 bits per heavy atom. The molecule has 0 bridgehead atoms. The highest BCUT2D eigenvalue weighted by Gasteiger charge is 2.17. The van der Waals surface area contributed by atoms with Crippen LogP contribution in [0.5, 0.6) is 0 Å². The maximum Gasteiger partial charge on any atom is 0.251 e. The highest BCUT2D eigenvalue weighted by molar-refractivity contribution is 5.94. The van der Waals surface area contributed by atoms with E-state index in [1.165, 1.54) is 12.8 Å². The van der Waals surface area contributed by atoms with Crippen molar-refractivity contribution in [2.75, 3.05) is 26.7 Å². The summed E-state index contributed by atoms with van der Waals surface area (Å²) in [5.41, 5.74) is 1.19. The molecule has 1 N–H and O–H groups in total. The molecule has 2 rings (SSSR count). The fourth-order valence-corrected chi connectivity index (χ4v) is 2.48. The Morgan fingerprint density at radius 2 is 2.21 bits per heavy atom. The quantitative estimate of drug-likeness (QED) is 0.895. The molecule has 0 saturated carbocycles. The number of nitrogens with one attached hydrogen (secondary N) is 1. The van der Waals surface area contributed by atoms with Crippen LogP contribution in [0.25, 0.3) is 0 Å². The third-order valence-corrected chi connectivity index (χ3v) is 3.55. The first-order valence-corrected chi connectivity index (χ1v) is 6.66. The average Bonchev–Trinajstić information content (AvgIpc) is 2.45. The summed E-state index contributed by atoms with van der Waals surface area (Å²) in [6.07, 6.45) is 2.38. The number of carbonyl (C=O) groups excluding carboxylic acids is 1. The number of carbonyl (C=O) groups is 1. The molecule has 1 amide bonds. The first-order valence-electron chi connectivity index (χ1n) is 6.66. The topological polar surface area (TPSA) is 56.1 Å². The van der Waals surface area contributed by atoms with Crippen molar-refractivity contribution in [3.8, 4) is 6.07 Å². The molecule has 19 heavy (non-hydrogen) atoms. The summed E-state index contributed by atoms with van der Waals surface area (Å²) in [5, 5.41) is 11.7. The second-order valence-corrected chi connectivity index (χ2v) is 5.17. The predicted octanol–water partition coefficient (Wildman–Crippen LogP) is 1.63. The number of rotatable bonds is 3. The number of hydrogen-bond donors (Lipinski definition) is 1. The van der Waals surface area contributed by atoms with Crippen molar-refractivity contribution in [3.63, 3.8) is 0 Å². The largest absolute Gasteiger partial charge is 0.352 e. The number of nitriles is 1. The molecule has 1 saturated heterocycles. The Hall–Kier alpha value is -1.86. The lowest BCUT2D eigenvalue weighted by molar-refractivity contribution is 0.0937. The van der Waals surface area contributed by atoms with Crippen LogP contribution in [-0.4, -0.2) is 37.5 Å². The van der Waals surface area contributed by atoms with Crippen molar-refractivity contribution in [2.24, 2.45) is 5.92 Å². The van der Waals surface area contributed by atoms with Crippen molar-refractivity contribution in [1.29, 1.82) is 5.26 Å². The molecule has 1 unspecified atom stereocenters. The molecule has 4 heteroatoms. The zero-order valence-corrected chi connectivity index (χ0v) is 11.2. The van der Waals surface area contributed by atoms with Gasteiger partial charge in [0.25, 0.3) is 5.91 Å².